The van der Waals surface area contributed by atoms with Crippen LogP contribution in [0, 0.1) is 5.92 Å². The summed E-state index contributed by atoms with van der Waals surface area (Å²) in [5, 5.41) is 4.94. The number of rotatable bonds is 17. The van der Waals surface area contributed by atoms with Gasteiger partial charge in [-0.3, -0.25) is 4.98 Å². The quantitative estimate of drug-likeness (QED) is 0.0448. The van der Waals surface area contributed by atoms with Gasteiger partial charge in [-0.2, -0.15) is 9.61 Å². The molecule has 0 amide bonds. The lowest BCUT2D eigenvalue weighted by Crippen LogP contribution is -2.35. The highest BCUT2D eigenvalue weighted by molar-refractivity contribution is 9.10. The van der Waals surface area contributed by atoms with Crippen LogP contribution in [0.25, 0.3) is 28.0 Å². The van der Waals surface area contributed by atoms with E-state index in [1.807, 2.05) is 35.1 Å². The number of methoxy groups -OCH3 is 2. The zero-order valence-electron chi connectivity index (χ0n) is 32.2. The third-order valence-corrected chi connectivity index (χ3v) is 14.0. The van der Waals surface area contributed by atoms with Gasteiger partial charge in [-0.05, 0) is 65.7 Å². The van der Waals surface area contributed by atoms with Crippen molar-refractivity contribution < 1.29 is 23.7 Å². The SMILES string of the molecule is COC(=O)C(OC)C1CCC(c2nc3c(-c4ccc(-c5ccccc5)nc4)cnn3c(N(COCC[Si](C)(C)C)COCC[Si](C)(C)C)c2Br)CC1. The van der Waals surface area contributed by atoms with Crippen LogP contribution >= 0.6 is 15.9 Å². The van der Waals surface area contributed by atoms with Crippen LogP contribution in [0.15, 0.2) is 59.3 Å². The van der Waals surface area contributed by atoms with Crippen LogP contribution in [0.5, 0.6) is 0 Å². The minimum atomic E-state index is -1.28. The zero-order chi connectivity index (χ0) is 37.5. The van der Waals surface area contributed by atoms with E-state index in [2.05, 4.69) is 84.4 Å². The van der Waals surface area contributed by atoms with E-state index in [0.717, 1.165) is 81.8 Å². The minimum Gasteiger partial charge on any atom is -0.467 e. The summed E-state index contributed by atoms with van der Waals surface area (Å²) >= 11 is 4.04. The third kappa shape index (κ3) is 10.4. The van der Waals surface area contributed by atoms with Crippen molar-refractivity contribution in [1.29, 1.82) is 0 Å². The van der Waals surface area contributed by atoms with Crippen LogP contribution in [0.3, 0.4) is 0 Å². The molecular weight excluding hydrogens is 755 g/mol. The van der Waals surface area contributed by atoms with Crippen molar-refractivity contribution in [3.8, 4) is 22.4 Å². The second-order valence-corrected chi connectivity index (χ2v) is 28.3. The molecule has 1 aliphatic rings. The predicted molar refractivity (Wildman–Crippen MR) is 217 cm³/mol. The van der Waals surface area contributed by atoms with Gasteiger partial charge >= 0.3 is 5.97 Å². The number of anilines is 1. The molecule has 1 atom stereocenters. The Morgan fingerprint density at radius 1 is 0.885 bits per heavy atom. The number of hydrogen-bond donors (Lipinski definition) is 0. The Balaban J connectivity index is 1.54. The Labute approximate surface area is 319 Å². The molecule has 3 aromatic heterocycles. The van der Waals surface area contributed by atoms with E-state index in [9.17, 15) is 4.79 Å². The van der Waals surface area contributed by atoms with E-state index >= 15 is 0 Å². The monoisotopic (exact) mass is 809 g/mol. The number of ether oxygens (including phenoxy) is 4. The van der Waals surface area contributed by atoms with Gasteiger partial charge in [0.15, 0.2) is 17.6 Å². The van der Waals surface area contributed by atoms with Crippen LogP contribution in [-0.2, 0) is 23.7 Å². The fourth-order valence-corrected chi connectivity index (χ4v) is 8.96. The number of fused-ring (bicyclic) bond motifs is 1. The first-order valence-corrected chi connectivity index (χ1v) is 26.6. The van der Waals surface area contributed by atoms with Crippen molar-refractivity contribution in [2.75, 3.05) is 45.8 Å². The topological polar surface area (TPSA) is 100 Å². The fourth-order valence-electron chi connectivity index (χ4n) is 6.61. The van der Waals surface area contributed by atoms with Gasteiger partial charge in [0.05, 0.1) is 29.2 Å². The smallest absolute Gasteiger partial charge is 0.335 e. The molecule has 1 fully saturated rings. The fraction of sp³-hybridized carbons (Fsp3) is 0.538. The predicted octanol–water partition coefficient (Wildman–Crippen LogP) is 9.11. The zero-order valence-corrected chi connectivity index (χ0v) is 35.7. The van der Waals surface area contributed by atoms with Gasteiger partial charge in [0.2, 0.25) is 0 Å². The number of hydrogen-bond acceptors (Lipinski definition) is 9. The average molecular weight is 811 g/mol. The van der Waals surface area contributed by atoms with Crippen LogP contribution in [0.4, 0.5) is 5.82 Å². The molecule has 0 N–H and O–H groups in total. The lowest BCUT2D eigenvalue weighted by molar-refractivity contribution is -0.156. The highest BCUT2D eigenvalue weighted by Crippen LogP contribution is 2.43. The molecule has 1 unspecified atom stereocenters. The first-order valence-electron chi connectivity index (χ1n) is 18.4. The molecule has 3 heterocycles. The number of nitrogens with zero attached hydrogens (tertiary/aromatic N) is 5. The van der Waals surface area contributed by atoms with Gasteiger partial charge in [-0.25, -0.2) is 9.78 Å². The van der Waals surface area contributed by atoms with Crippen molar-refractivity contribution in [2.24, 2.45) is 5.92 Å². The first-order chi connectivity index (χ1) is 24.8. The maximum absolute atomic E-state index is 12.5. The van der Waals surface area contributed by atoms with Gasteiger partial charge in [0.25, 0.3) is 0 Å². The standard InChI is InChI=1S/C39H56BrN5O5Si2/c1-47-36(39(46)48-2)30-16-14-29(15-17-30)35-34(40)38(44(26-49-20-22-51(3,4)5)27-50-21-23-52(6,7)8)45-37(43-35)32(25-42-45)31-18-19-33(41-24-31)28-12-10-9-11-13-28/h9-13,18-19,24-25,29-30,36H,14-17,20-23,26-27H2,1-8H3. The van der Waals surface area contributed by atoms with E-state index in [4.69, 9.17) is 34.0 Å². The van der Waals surface area contributed by atoms with Gasteiger partial charge in [-0.1, -0.05) is 75.7 Å². The Kier molecular flexibility index (Phi) is 13.9. The third-order valence-electron chi connectivity index (χ3n) is 9.80. The lowest BCUT2D eigenvalue weighted by atomic mass is 9.78. The number of carbonyl (C=O) groups excluding carboxylic acids is 1. The molecule has 0 spiro atoms. The number of halogens is 1. The molecule has 0 saturated heterocycles. The molecule has 52 heavy (non-hydrogen) atoms. The lowest BCUT2D eigenvalue weighted by Gasteiger charge is -2.33. The van der Waals surface area contributed by atoms with E-state index in [1.165, 1.54) is 7.11 Å². The molecule has 5 rings (SSSR count). The summed E-state index contributed by atoms with van der Waals surface area (Å²) in [5.41, 5.74) is 5.54. The van der Waals surface area contributed by atoms with Gasteiger partial charge in [0.1, 0.15) is 13.5 Å². The van der Waals surface area contributed by atoms with E-state index < -0.39 is 22.3 Å². The Bertz CT molecular complexity index is 1730. The first kappa shape index (κ1) is 40.2. The van der Waals surface area contributed by atoms with Gasteiger partial charge < -0.3 is 23.8 Å². The van der Waals surface area contributed by atoms with Crippen LogP contribution in [-0.4, -0.2) is 88.7 Å². The number of pyridine rings is 1. The van der Waals surface area contributed by atoms with Crippen molar-refractivity contribution >= 4 is 49.5 Å². The van der Waals surface area contributed by atoms with Crippen molar-refractivity contribution in [1.82, 2.24) is 19.6 Å². The summed E-state index contributed by atoms with van der Waals surface area (Å²) < 4.78 is 26.2. The largest absolute Gasteiger partial charge is 0.467 e. The number of esters is 1. The van der Waals surface area contributed by atoms with Crippen molar-refractivity contribution in [2.45, 2.75) is 89.1 Å². The second kappa shape index (κ2) is 17.9. The molecule has 0 aliphatic heterocycles. The minimum absolute atomic E-state index is 0.0893. The number of benzene rings is 1. The van der Waals surface area contributed by atoms with Crippen LogP contribution in [0.1, 0.15) is 37.3 Å². The van der Waals surface area contributed by atoms with E-state index in [0.29, 0.717) is 26.7 Å². The highest BCUT2D eigenvalue weighted by atomic mass is 79.9. The summed E-state index contributed by atoms with van der Waals surface area (Å²) in [6.07, 6.45) is 6.60. The van der Waals surface area contributed by atoms with Gasteiger partial charge in [0, 0.05) is 65.3 Å². The summed E-state index contributed by atoms with van der Waals surface area (Å²) in [7, 11) is 0.433. The average Bonchev–Trinajstić information content (AvgIpc) is 3.54. The highest BCUT2D eigenvalue weighted by Gasteiger charge is 2.35. The normalized spacial score (nSPS) is 17.3. The molecule has 1 saturated carbocycles. The Morgan fingerprint density at radius 2 is 1.52 bits per heavy atom. The summed E-state index contributed by atoms with van der Waals surface area (Å²) in [4.78, 5) is 24.8. The molecular formula is C39H56BrN5O5Si2. The van der Waals surface area contributed by atoms with Crippen LogP contribution in [0.2, 0.25) is 51.4 Å². The maximum Gasteiger partial charge on any atom is 0.335 e. The van der Waals surface area contributed by atoms with Crippen molar-refractivity contribution in [3.05, 3.63) is 65.0 Å². The molecule has 1 aromatic carbocycles. The number of carbonyl (C=O) groups is 1. The summed E-state index contributed by atoms with van der Waals surface area (Å²) in [6, 6.07) is 16.5. The Hall–Kier alpha value is -2.95. The summed E-state index contributed by atoms with van der Waals surface area (Å²) in [6.45, 7) is 16.3. The molecule has 282 valence electrons. The van der Waals surface area contributed by atoms with E-state index in [-0.39, 0.29) is 17.8 Å². The molecule has 4 aromatic rings. The molecule has 0 bridgehead atoms. The molecule has 1 aliphatic carbocycles. The van der Waals surface area contributed by atoms with Crippen molar-refractivity contribution in [3.63, 3.8) is 0 Å². The Morgan fingerprint density at radius 3 is 2.06 bits per heavy atom. The van der Waals surface area contributed by atoms with E-state index in [1.54, 1.807) is 7.11 Å². The summed E-state index contributed by atoms with van der Waals surface area (Å²) in [5.74, 6) is 0.788. The molecule has 0 radical (unpaired) electrons. The number of aromatic nitrogens is 4. The molecule has 13 heteroatoms. The van der Waals surface area contributed by atoms with Crippen LogP contribution < -0.4 is 4.90 Å². The second-order valence-electron chi connectivity index (χ2n) is 16.3. The van der Waals surface area contributed by atoms with Gasteiger partial charge in [-0.15, -0.1) is 0 Å². The molecule has 10 nitrogen and oxygen atoms in total. The maximum atomic E-state index is 12.5.